The Morgan fingerprint density at radius 3 is 2.39 bits per heavy atom. The van der Waals surface area contributed by atoms with Crippen LogP contribution in [0.15, 0.2) is 24.3 Å². The Bertz CT molecular complexity index is 373. The molecule has 1 saturated carbocycles. The number of benzene rings is 1. The van der Waals surface area contributed by atoms with Gasteiger partial charge in [-0.15, -0.1) is 0 Å². The van der Waals surface area contributed by atoms with Gasteiger partial charge in [0.15, 0.2) is 0 Å². The van der Waals surface area contributed by atoms with Crippen molar-refractivity contribution >= 4 is 11.6 Å². The molecule has 2 rings (SSSR count). The zero-order valence-corrected chi connectivity index (χ0v) is 11.7. The Hall–Kier alpha value is -0.570. The highest BCUT2D eigenvalue weighted by atomic mass is 35.5. The highest BCUT2D eigenvalue weighted by molar-refractivity contribution is 6.30. The molecule has 1 aliphatic rings. The molecular weight excluding hydrogens is 246 g/mol. The van der Waals surface area contributed by atoms with Gasteiger partial charge in [-0.05, 0) is 37.5 Å². The molecule has 0 saturated heterocycles. The topological polar surface area (TPSA) is 32.3 Å². The molecule has 0 bridgehead atoms. The van der Waals surface area contributed by atoms with Gasteiger partial charge in [0.2, 0.25) is 0 Å². The third-order valence-corrected chi connectivity index (χ3v) is 4.18. The summed E-state index contributed by atoms with van der Waals surface area (Å²) in [6.45, 7) is 2.16. The van der Waals surface area contributed by atoms with Gasteiger partial charge in [0, 0.05) is 11.1 Å². The molecule has 2 nitrogen and oxygen atoms in total. The minimum absolute atomic E-state index is 0.102. The number of nitrogens with one attached hydrogen (secondary N) is 1. The van der Waals surface area contributed by atoms with E-state index in [9.17, 15) is 5.11 Å². The average molecular weight is 268 g/mol. The Balaban J connectivity index is 2.10. The van der Waals surface area contributed by atoms with Gasteiger partial charge in [-0.25, -0.2) is 0 Å². The quantitative estimate of drug-likeness (QED) is 0.876. The summed E-state index contributed by atoms with van der Waals surface area (Å²) in [6, 6.07) is 8.27. The number of rotatable bonds is 4. The van der Waals surface area contributed by atoms with Crippen LogP contribution in [0, 0.1) is 0 Å². The van der Waals surface area contributed by atoms with Gasteiger partial charge in [-0.2, -0.15) is 0 Å². The van der Waals surface area contributed by atoms with E-state index in [-0.39, 0.29) is 12.1 Å². The molecule has 0 aromatic heterocycles. The van der Waals surface area contributed by atoms with Crippen LogP contribution in [-0.4, -0.2) is 17.8 Å². The number of aliphatic hydroxyl groups excluding tert-OH is 1. The Kier molecular flexibility index (Phi) is 4.66. The summed E-state index contributed by atoms with van der Waals surface area (Å²) in [7, 11) is 0. The van der Waals surface area contributed by atoms with Crippen LogP contribution in [0.5, 0.6) is 0 Å². The lowest BCUT2D eigenvalue weighted by molar-refractivity contribution is 0.150. The van der Waals surface area contributed by atoms with Gasteiger partial charge in [0.1, 0.15) is 0 Å². The Morgan fingerprint density at radius 2 is 1.83 bits per heavy atom. The fourth-order valence-corrected chi connectivity index (χ4v) is 2.86. The molecule has 2 N–H and O–H groups in total. The van der Waals surface area contributed by atoms with Crippen molar-refractivity contribution in [2.75, 3.05) is 6.61 Å². The summed E-state index contributed by atoms with van der Waals surface area (Å²) in [5, 5.41) is 14.1. The minimum atomic E-state index is -0.368. The molecule has 18 heavy (non-hydrogen) atoms. The van der Waals surface area contributed by atoms with Gasteiger partial charge in [-0.1, -0.05) is 43.0 Å². The first-order valence-corrected chi connectivity index (χ1v) is 7.16. The van der Waals surface area contributed by atoms with E-state index in [1.54, 1.807) is 0 Å². The number of aliphatic hydroxyl groups is 1. The van der Waals surface area contributed by atoms with E-state index in [0.717, 1.165) is 10.6 Å². The lowest BCUT2D eigenvalue weighted by Crippen LogP contribution is -2.49. The second-order valence-electron chi connectivity index (χ2n) is 5.48. The van der Waals surface area contributed by atoms with Crippen LogP contribution in [-0.2, 0) is 5.54 Å². The molecule has 1 aromatic rings. The lowest BCUT2D eigenvalue weighted by atomic mass is 9.88. The second kappa shape index (κ2) is 6.05. The molecule has 1 aromatic carbocycles. The van der Waals surface area contributed by atoms with Gasteiger partial charge in [-0.3, -0.25) is 0 Å². The first kappa shape index (κ1) is 13.9. The first-order valence-electron chi connectivity index (χ1n) is 6.79. The van der Waals surface area contributed by atoms with Crippen molar-refractivity contribution in [3.8, 4) is 0 Å². The van der Waals surface area contributed by atoms with E-state index in [4.69, 9.17) is 11.6 Å². The number of halogens is 1. The molecule has 1 fully saturated rings. The third kappa shape index (κ3) is 3.25. The number of hydrogen-bond donors (Lipinski definition) is 2. The molecule has 100 valence electrons. The highest BCUT2D eigenvalue weighted by Crippen LogP contribution is 2.26. The van der Waals surface area contributed by atoms with Crippen molar-refractivity contribution in [3.63, 3.8) is 0 Å². The second-order valence-corrected chi connectivity index (χ2v) is 5.91. The van der Waals surface area contributed by atoms with Crippen LogP contribution < -0.4 is 5.32 Å². The van der Waals surface area contributed by atoms with Crippen LogP contribution >= 0.6 is 11.6 Å². The lowest BCUT2D eigenvalue weighted by Gasteiger charge is -2.36. The summed E-state index contributed by atoms with van der Waals surface area (Å²) < 4.78 is 0. The summed E-state index contributed by atoms with van der Waals surface area (Å²) in [5.74, 6) is 0. The predicted octanol–water partition coefficient (Wildman–Crippen LogP) is 3.47. The summed E-state index contributed by atoms with van der Waals surface area (Å²) in [4.78, 5) is 0. The maximum Gasteiger partial charge on any atom is 0.0652 e. The van der Waals surface area contributed by atoms with Crippen LogP contribution in [0.1, 0.15) is 44.6 Å². The zero-order valence-electron chi connectivity index (χ0n) is 11.0. The molecular formula is C15H22ClNO. The summed E-state index contributed by atoms with van der Waals surface area (Å²) >= 11 is 5.91. The largest absolute Gasteiger partial charge is 0.394 e. The van der Waals surface area contributed by atoms with E-state index < -0.39 is 0 Å². The molecule has 1 atom stereocenters. The van der Waals surface area contributed by atoms with Gasteiger partial charge < -0.3 is 10.4 Å². The van der Waals surface area contributed by atoms with Crippen LogP contribution in [0.4, 0.5) is 0 Å². The summed E-state index contributed by atoms with van der Waals surface area (Å²) in [6.07, 6.45) is 6.35. The molecule has 0 amide bonds. The monoisotopic (exact) mass is 267 g/mol. The third-order valence-electron chi connectivity index (χ3n) is 3.93. The molecule has 3 heteroatoms. The van der Waals surface area contributed by atoms with E-state index in [2.05, 4.69) is 12.2 Å². The maximum absolute atomic E-state index is 9.74. The van der Waals surface area contributed by atoms with Crippen LogP contribution in [0.2, 0.25) is 5.02 Å². The van der Waals surface area contributed by atoms with E-state index in [0.29, 0.717) is 6.04 Å². The van der Waals surface area contributed by atoms with E-state index >= 15 is 0 Å². The van der Waals surface area contributed by atoms with Crippen LogP contribution in [0.3, 0.4) is 0 Å². The predicted molar refractivity (Wildman–Crippen MR) is 75.9 cm³/mol. The molecule has 1 aliphatic carbocycles. The van der Waals surface area contributed by atoms with Gasteiger partial charge in [0.25, 0.3) is 0 Å². The average Bonchev–Trinajstić information content (AvgIpc) is 2.40. The van der Waals surface area contributed by atoms with Crippen molar-refractivity contribution < 1.29 is 5.11 Å². The highest BCUT2D eigenvalue weighted by Gasteiger charge is 2.29. The van der Waals surface area contributed by atoms with E-state index in [1.165, 1.54) is 32.1 Å². The number of hydrogen-bond acceptors (Lipinski definition) is 2. The SMILES string of the molecule is CC(CO)(NC1CCCCC1)c1ccc(Cl)cc1. The van der Waals surface area contributed by atoms with Crippen molar-refractivity contribution in [2.45, 2.75) is 50.6 Å². The van der Waals surface area contributed by atoms with Crippen LogP contribution in [0.25, 0.3) is 0 Å². The zero-order chi connectivity index (χ0) is 13.0. The standard InChI is InChI=1S/C15H22ClNO/c1-15(11-18,12-7-9-13(16)10-8-12)17-14-5-3-2-4-6-14/h7-10,14,17-18H,2-6,11H2,1H3. The molecule has 0 heterocycles. The van der Waals surface area contributed by atoms with Gasteiger partial charge >= 0.3 is 0 Å². The van der Waals surface area contributed by atoms with Crippen molar-refractivity contribution in [1.82, 2.24) is 5.32 Å². The maximum atomic E-state index is 9.74. The van der Waals surface area contributed by atoms with E-state index in [1.807, 2.05) is 24.3 Å². The Labute approximate surface area is 114 Å². The van der Waals surface area contributed by atoms with Gasteiger partial charge in [0.05, 0.1) is 12.1 Å². The Morgan fingerprint density at radius 1 is 1.22 bits per heavy atom. The van der Waals surface area contributed by atoms with Crippen molar-refractivity contribution in [2.24, 2.45) is 0 Å². The fourth-order valence-electron chi connectivity index (χ4n) is 2.74. The van der Waals surface area contributed by atoms with Crippen molar-refractivity contribution in [3.05, 3.63) is 34.9 Å². The first-order chi connectivity index (χ1) is 8.64. The molecule has 0 spiro atoms. The normalized spacial score (nSPS) is 20.6. The molecule has 1 unspecified atom stereocenters. The molecule has 0 radical (unpaired) electrons. The molecule has 0 aliphatic heterocycles. The fraction of sp³-hybridized carbons (Fsp3) is 0.600. The van der Waals surface area contributed by atoms with Crippen molar-refractivity contribution in [1.29, 1.82) is 0 Å². The smallest absolute Gasteiger partial charge is 0.0652 e. The summed E-state index contributed by atoms with van der Waals surface area (Å²) in [5.41, 5.74) is 0.729. The minimum Gasteiger partial charge on any atom is -0.394 e.